The lowest BCUT2D eigenvalue weighted by atomic mass is 9.94. The fourth-order valence-electron chi connectivity index (χ4n) is 4.37. The molecule has 2 heterocycles. The molecule has 0 aliphatic carbocycles. The molecule has 0 unspecified atom stereocenters. The van der Waals surface area contributed by atoms with Gasteiger partial charge in [0.05, 0.1) is 0 Å². The van der Waals surface area contributed by atoms with Crippen molar-refractivity contribution in [3.63, 3.8) is 0 Å². The van der Waals surface area contributed by atoms with E-state index >= 15 is 0 Å². The Morgan fingerprint density at radius 1 is 1.09 bits per heavy atom. The highest BCUT2D eigenvalue weighted by Crippen LogP contribution is 2.27. The van der Waals surface area contributed by atoms with Crippen molar-refractivity contribution in [3.8, 4) is 0 Å². The third-order valence-electron chi connectivity index (χ3n) is 6.24. The first-order chi connectivity index (χ1) is 15.5. The Labute approximate surface area is 201 Å². The van der Waals surface area contributed by atoms with Gasteiger partial charge in [-0.3, -0.25) is 19.6 Å². The summed E-state index contributed by atoms with van der Waals surface area (Å²) in [6, 6.07) is 5.60. The number of rotatable bonds is 8. The fourth-order valence-corrected chi connectivity index (χ4v) is 4.89. The molecule has 1 aromatic rings. The van der Waals surface area contributed by atoms with E-state index in [0.29, 0.717) is 29.0 Å². The molecular weight excluding hydrogens is 445 g/mol. The lowest BCUT2D eigenvalue weighted by Gasteiger charge is -2.38. The topological polar surface area (TPSA) is 65.2 Å². The van der Waals surface area contributed by atoms with Gasteiger partial charge in [-0.1, -0.05) is 35.3 Å². The van der Waals surface area contributed by atoms with Crippen molar-refractivity contribution < 1.29 is 4.79 Å². The Hall–Kier alpha value is -1.70. The summed E-state index contributed by atoms with van der Waals surface area (Å²) in [5.74, 6) is 0.414. The standard InChI is InChI=1S/C24H33Cl2N5O/c1-28-10-6-19(5-9-27)17-29-11-7-20(8-12-29)24(32)31-15-13-30(14-16-31)18-21-22(25)3-2-4-23(21)26/h2-6,10,20H,1,7-9,11-18,27H2/b10-6-,19-5+. The lowest BCUT2D eigenvalue weighted by Crippen LogP contribution is -2.51. The first-order valence-corrected chi connectivity index (χ1v) is 11.9. The zero-order chi connectivity index (χ0) is 22.9. The normalized spacial score (nSPS) is 19.6. The molecular formula is C24H33Cl2N5O. The molecule has 0 saturated carbocycles. The monoisotopic (exact) mass is 477 g/mol. The zero-order valence-electron chi connectivity index (χ0n) is 18.6. The predicted octanol–water partition coefficient (Wildman–Crippen LogP) is 3.45. The summed E-state index contributed by atoms with van der Waals surface area (Å²) in [5.41, 5.74) is 7.78. The van der Waals surface area contributed by atoms with Gasteiger partial charge in [-0.15, -0.1) is 0 Å². The molecule has 0 radical (unpaired) electrons. The van der Waals surface area contributed by atoms with Crippen molar-refractivity contribution in [2.75, 3.05) is 52.4 Å². The average molecular weight is 478 g/mol. The molecule has 2 saturated heterocycles. The number of carbonyl (C=O) groups excluding carboxylic acids is 1. The van der Waals surface area contributed by atoms with Gasteiger partial charge in [-0.25, -0.2) is 0 Å². The van der Waals surface area contributed by atoms with Gasteiger partial charge in [0.25, 0.3) is 0 Å². The minimum atomic E-state index is 0.114. The average Bonchev–Trinajstić information content (AvgIpc) is 2.80. The summed E-state index contributed by atoms with van der Waals surface area (Å²) in [5, 5.41) is 1.40. The van der Waals surface area contributed by atoms with E-state index in [1.807, 2.05) is 35.3 Å². The van der Waals surface area contributed by atoms with Crippen LogP contribution in [0.1, 0.15) is 18.4 Å². The van der Waals surface area contributed by atoms with E-state index in [9.17, 15) is 4.79 Å². The molecule has 6 nitrogen and oxygen atoms in total. The molecule has 0 atom stereocenters. The third-order valence-corrected chi connectivity index (χ3v) is 6.95. The number of hydrogen-bond acceptors (Lipinski definition) is 5. The lowest BCUT2D eigenvalue weighted by molar-refractivity contribution is -0.138. The Balaban J connectivity index is 1.45. The number of hydrogen-bond donors (Lipinski definition) is 1. The summed E-state index contributed by atoms with van der Waals surface area (Å²) in [7, 11) is 0. The predicted molar refractivity (Wildman–Crippen MR) is 133 cm³/mol. The van der Waals surface area contributed by atoms with E-state index in [1.54, 1.807) is 6.20 Å². The number of aliphatic imine (C=N–C) groups is 1. The van der Waals surface area contributed by atoms with Crippen LogP contribution in [0.4, 0.5) is 0 Å². The summed E-state index contributed by atoms with van der Waals surface area (Å²) >= 11 is 12.6. The van der Waals surface area contributed by atoms with Crippen LogP contribution in [-0.4, -0.2) is 79.7 Å². The van der Waals surface area contributed by atoms with E-state index in [2.05, 4.69) is 21.5 Å². The molecule has 2 N–H and O–H groups in total. The van der Waals surface area contributed by atoms with Gasteiger partial charge in [0, 0.05) is 73.5 Å². The van der Waals surface area contributed by atoms with E-state index in [1.165, 1.54) is 0 Å². The largest absolute Gasteiger partial charge is 0.340 e. The highest BCUT2D eigenvalue weighted by molar-refractivity contribution is 6.35. The van der Waals surface area contributed by atoms with Crippen LogP contribution in [-0.2, 0) is 11.3 Å². The van der Waals surface area contributed by atoms with Crippen LogP contribution < -0.4 is 5.73 Å². The van der Waals surface area contributed by atoms with Crippen LogP contribution in [0, 0.1) is 5.92 Å². The molecule has 1 aromatic carbocycles. The van der Waals surface area contributed by atoms with Crippen molar-refractivity contribution in [1.82, 2.24) is 14.7 Å². The van der Waals surface area contributed by atoms with Gasteiger partial charge in [0.2, 0.25) is 5.91 Å². The minimum absolute atomic E-state index is 0.114. The first kappa shape index (κ1) is 24.9. The summed E-state index contributed by atoms with van der Waals surface area (Å²) < 4.78 is 0. The first-order valence-electron chi connectivity index (χ1n) is 11.2. The van der Waals surface area contributed by atoms with Crippen molar-refractivity contribution in [3.05, 3.63) is 57.7 Å². The number of benzene rings is 1. The van der Waals surface area contributed by atoms with E-state index in [4.69, 9.17) is 28.9 Å². The molecule has 2 aliphatic heterocycles. The van der Waals surface area contributed by atoms with Crippen molar-refractivity contribution >= 4 is 35.8 Å². The highest BCUT2D eigenvalue weighted by Gasteiger charge is 2.30. The second-order valence-electron chi connectivity index (χ2n) is 8.37. The quantitative estimate of drug-likeness (QED) is 0.459. The molecule has 3 rings (SSSR count). The molecule has 0 spiro atoms. The SMILES string of the molecule is C=N/C=C\C(=C/CN)CN1CCC(C(=O)N2CCN(Cc3c(Cl)cccc3Cl)CC2)CC1. The highest BCUT2D eigenvalue weighted by atomic mass is 35.5. The Bertz CT molecular complexity index is 821. The number of halogens is 2. The third kappa shape index (κ3) is 6.90. The van der Waals surface area contributed by atoms with Gasteiger partial charge >= 0.3 is 0 Å². The van der Waals surface area contributed by atoms with Crippen LogP contribution in [0.2, 0.25) is 10.0 Å². The zero-order valence-corrected chi connectivity index (χ0v) is 20.1. The van der Waals surface area contributed by atoms with Crippen molar-refractivity contribution in [2.24, 2.45) is 16.6 Å². The van der Waals surface area contributed by atoms with Gasteiger partial charge in [-0.05, 0) is 56.4 Å². The number of carbonyl (C=O) groups is 1. The van der Waals surface area contributed by atoms with E-state index in [-0.39, 0.29) is 5.92 Å². The fraction of sp³-hybridized carbons (Fsp3) is 0.500. The van der Waals surface area contributed by atoms with Gasteiger partial charge < -0.3 is 10.6 Å². The van der Waals surface area contributed by atoms with Gasteiger partial charge in [0.1, 0.15) is 0 Å². The van der Waals surface area contributed by atoms with Crippen molar-refractivity contribution in [1.29, 1.82) is 0 Å². The Kier molecular flexibility index (Phi) is 9.75. The van der Waals surface area contributed by atoms with Crippen molar-refractivity contribution in [2.45, 2.75) is 19.4 Å². The summed E-state index contributed by atoms with van der Waals surface area (Å²) in [6.07, 6.45) is 7.44. The number of likely N-dealkylation sites (tertiary alicyclic amines) is 1. The molecule has 0 aromatic heterocycles. The molecule has 2 fully saturated rings. The molecule has 1 amide bonds. The van der Waals surface area contributed by atoms with Gasteiger partial charge in [-0.2, -0.15) is 0 Å². The maximum absolute atomic E-state index is 13.1. The number of piperidine rings is 1. The van der Waals surface area contributed by atoms with E-state index < -0.39 is 0 Å². The van der Waals surface area contributed by atoms with Crippen LogP contribution >= 0.6 is 23.2 Å². The molecule has 32 heavy (non-hydrogen) atoms. The molecule has 174 valence electrons. The Morgan fingerprint density at radius 3 is 2.34 bits per heavy atom. The number of amides is 1. The van der Waals surface area contributed by atoms with Gasteiger partial charge in [0.15, 0.2) is 0 Å². The van der Waals surface area contributed by atoms with Crippen LogP contribution in [0.5, 0.6) is 0 Å². The van der Waals surface area contributed by atoms with E-state index in [0.717, 1.165) is 69.8 Å². The molecule has 2 aliphatic rings. The smallest absolute Gasteiger partial charge is 0.225 e. The minimum Gasteiger partial charge on any atom is -0.340 e. The molecule has 0 bridgehead atoms. The Morgan fingerprint density at radius 2 is 1.75 bits per heavy atom. The summed E-state index contributed by atoms with van der Waals surface area (Å²) in [6.45, 7) is 10.5. The van der Waals surface area contributed by atoms with Crippen LogP contribution in [0.3, 0.4) is 0 Å². The second-order valence-corrected chi connectivity index (χ2v) is 9.18. The number of nitrogens with two attached hydrogens (primary N) is 1. The number of nitrogens with zero attached hydrogens (tertiary/aromatic N) is 4. The number of piperazine rings is 1. The van der Waals surface area contributed by atoms with Crippen LogP contribution in [0.15, 0.2) is 47.1 Å². The second kappa shape index (κ2) is 12.5. The summed E-state index contributed by atoms with van der Waals surface area (Å²) in [4.78, 5) is 23.6. The maximum Gasteiger partial charge on any atom is 0.225 e. The molecule has 8 heteroatoms. The van der Waals surface area contributed by atoms with Crippen LogP contribution in [0.25, 0.3) is 0 Å². The maximum atomic E-state index is 13.1.